The van der Waals surface area contributed by atoms with Crippen molar-refractivity contribution < 1.29 is 26.7 Å². The molecule has 0 aromatic heterocycles. The predicted octanol–water partition coefficient (Wildman–Crippen LogP) is 0.848. The van der Waals surface area contributed by atoms with Crippen LogP contribution in [0.25, 0.3) is 0 Å². The molecule has 0 aliphatic carbocycles. The molecule has 0 fully saturated rings. The smallest absolute Gasteiger partial charge is 0.317 e. The standard InChI is InChI=1S/C7H15NO2.Co/c1-2-3-4-5-8-6-7(9)10;/h8H,2-6H2,1H3,(H,9,10);. The zero-order valence-electron chi connectivity index (χ0n) is 6.72. The van der Waals surface area contributed by atoms with Gasteiger partial charge >= 0.3 is 5.97 Å². The Morgan fingerprint density at radius 3 is 2.55 bits per heavy atom. The third kappa shape index (κ3) is 13.0. The van der Waals surface area contributed by atoms with Crippen LogP contribution in [-0.2, 0) is 21.6 Å². The van der Waals surface area contributed by atoms with E-state index in [0.29, 0.717) is 0 Å². The Hall–Kier alpha value is -0.0635. The fourth-order valence-corrected chi connectivity index (χ4v) is 0.695. The Kier molecular flexibility index (Phi) is 12.2. The number of carbonyl (C=O) groups is 1. The first-order chi connectivity index (χ1) is 4.77. The van der Waals surface area contributed by atoms with Gasteiger partial charge in [-0.25, -0.2) is 0 Å². The Bertz CT molecular complexity index is 98.4. The molecule has 0 amide bonds. The number of hydrogen-bond donors (Lipinski definition) is 2. The van der Waals surface area contributed by atoms with Crippen LogP contribution in [0.5, 0.6) is 0 Å². The third-order valence-electron chi connectivity index (χ3n) is 1.23. The van der Waals surface area contributed by atoms with Gasteiger partial charge in [0.2, 0.25) is 0 Å². The molecule has 0 atom stereocenters. The van der Waals surface area contributed by atoms with Gasteiger partial charge in [-0.2, -0.15) is 0 Å². The Labute approximate surface area is 77.8 Å². The molecule has 0 aromatic carbocycles. The fourth-order valence-electron chi connectivity index (χ4n) is 0.695. The molecule has 0 aliphatic rings. The van der Waals surface area contributed by atoms with Gasteiger partial charge in [0.15, 0.2) is 0 Å². The van der Waals surface area contributed by atoms with E-state index in [0.717, 1.165) is 13.0 Å². The second kappa shape index (κ2) is 9.94. The summed E-state index contributed by atoms with van der Waals surface area (Å²) in [5.41, 5.74) is 0. The van der Waals surface area contributed by atoms with Gasteiger partial charge in [0.25, 0.3) is 0 Å². The first kappa shape index (κ1) is 13.5. The van der Waals surface area contributed by atoms with E-state index in [-0.39, 0.29) is 23.3 Å². The number of carboxylic acids is 1. The summed E-state index contributed by atoms with van der Waals surface area (Å²) in [6, 6.07) is 0. The zero-order chi connectivity index (χ0) is 7.82. The molecule has 4 heteroatoms. The largest absolute Gasteiger partial charge is 0.480 e. The van der Waals surface area contributed by atoms with E-state index in [9.17, 15) is 4.79 Å². The van der Waals surface area contributed by atoms with Crippen LogP contribution in [-0.4, -0.2) is 24.2 Å². The first-order valence-corrected chi connectivity index (χ1v) is 3.70. The average Bonchev–Trinajstić information content (AvgIpc) is 1.87. The summed E-state index contributed by atoms with van der Waals surface area (Å²) in [7, 11) is 0. The maximum atomic E-state index is 9.97. The van der Waals surface area contributed by atoms with Crippen molar-refractivity contribution in [3.05, 3.63) is 0 Å². The van der Waals surface area contributed by atoms with Gasteiger partial charge in [-0.1, -0.05) is 19.8 Å². The molecule has 3 nitrogen and oxygen atoms in total. The first-order valence-electron chi connectivity index (χ1n) is 3.70. The van der Waals surface area contributed by atoms with Gasteiger partial charge in [-0.3, -0.25) is 4.79 Å². The van der Waals surface area contributed by atoms with Crippen molar-refractivity contribution in [1.82, 2.24) is 5.32 Å². The van der Waals surface area contributed by atoms with Crippen molar-refractivity contribution in [2.75, 3.05) is 13.1 Å². The molecule has 0 spiro atoms. The van der Waals surface area contributed by atoms with Crippen molar-refractivity contribution in [3.63, 3.8) is 0 Å². The van der Waals surface area contributed by atoms with Gasteiger partial charge < -0.3 is 10.4 Å². The van der Waals surface area contributed by atoms with Crippen molar-refractivity contribution in [1.29, 1.82) is 0 Å². The average molecular weight is 204 g/mol. The Balaban J connectivity index is 0. The van der Waals surface area contributed by atoms with Crippen LogP contribution in [0.1, 0.15) is 26.2 Å². The summed E-state index contributed by atoms with van der Waals surface area (Å²) >= 11 is 0. The number of unbranched alkanes of at least 4 members (excludes halogenated alkanes) is 2. The molecular formula is C7H15CoNO2. The second-order valence-electron chi connectivity index (χ2n) is 2.28. The predicted molar refractivity (Wildman–Crippen MR) is 40.0 cm³/mol. The van der Waals surface area contributed by atoms with Crippen LogP contribution in [0.3, 0.4) is 0 Å². The molecule has 0 aliphatic heterocycles. The SMILES string of the molecule is CCCCCNCC(=O)O.[Co]. The molecule has 1 radical (unpaired) electrons. The molecule has 0 bridgehead atoms. The maximum absolute atomic E-state index is 9.97. The minimum Gasteiger partial charge on any atom is -0.480 e. The molecule has 0 aromatic rings. The topological polar surface area (TPSA) is 49.3 Å². The summed E-state index contributed by atoms with van der Waals surface area (Å²) in [6.45, 7) is 3.03. The molecule has 69 valence electrons. The van der Waals surface area contributed by atoms with E-state index in [1.54, 1.807) is 0 Å². The van der Waals surface area contributed by atoms with Crippen molar-refractivity contribution in [2.45, 2.75) is 26.2 Å². The van der Waals surface area contributed by atoms with Gasteiger partial charge in [0.05, 0.1) is 6.54 Å². The minimum absolute atomic E-state index is 0. The molecule has 0 saturated heterocycles. The minimum atomic E-state index is -0.781. The van der Waals surface area contributed by atoms with Gasteiger partial charge in [0.1, 0.15) is 0 Å². The molecular weight excluding hydrogens is 189 g/mol. The molecule has 0 rings (SSSR count). The summed E-state index contributed by atoms with van der Waals surface area (Å²) in [5.74, 6) is -0.781. The van der Waals surface area contributed by atoms with Gasteiger partial charge in [-0.05, 0) is 13.0 Å². The summed E-state index contributed by atoms with van der Waals surface area (Å²) in [4.78, 5) is 9.97. The number of nitrogens with one attached hydrogen (secondary N) is 1. The van der Waals surface area contributed by atoms with E-state index in [2.05, 4.69) is 12.2 Å². The van der Waals surface area contributed by atoms with E-state index in [1.807, 2.05) is 0 Å². The quantitative estimate of drug-likeness (QED) is 0.630. The van der Waals surface area contributed by atoms with Crippen molar-refractivity contribution in [2.24, 2.45) is 0 Å². The van der Waals surface area contributed by atoms with Crippen LogP contribution in [0.2, 0.25) is 0 Å². The van der Waals surface area contributed by atoms with Crippen LogP contribution < -0.4 is 5.32 Å². The van der Waals surface area contributed by atoms with E-state index >= 15 is 0 Å². The van der Waals surface area contributed by atoms with E-state index < -0.39 is 5.97 Å². The van der Waals surface area contributed by atoms with Crippen molar-refractivity contribution in [3.8, 4) is 0 Å². The zero-order valence-corrected chi connectivity index (χ0v) is 7.77. The summed E-state index contributed by atoms with van der Waals surface area (Å²) in [5, 5.41) is 11.0. The van der Waals surface area contributed by atoms with Gasteiger partial charge in [-0.15, -0.1) is 0 Å². The summed E-state index contributed by atoms with van der Waals surface area (Å²) < 4.78 is 0. The van der Waals surface area contributed by atoms with Gasteiger partial charge in [0, 0.05) is 16.8 Å². The number of carboxylic acid groups (broad SMARTS) is 1. The van der Waals surface area contributed by atoms with Crippen LogP contribution in [0, 0.1) is 0 Å². The summed E-state index contributed by atoms with van der Waals surface area (Å²) in [6.07, 6.45) is 3.42. The molecule has 2 N–H and O–H groups in total. The molecule has 0 heterocycles. The number of aliphatic carboxylic acids is 1. The molecule has 0 unspecified atom stereocenters. The van der Waals surface area contributed by atoms with E-state index in [1.165, 1.54) is 12.8 Å². The number of hydrogen-bond acceptors (Lipinski definition) is 2. The monoisotopic (exact) mass is 204 g/mol. The number of rotatable bonds is 6. The second-order valence-corrected chi connectivity index (χ2v) is 2.28. The molecule has 11 heavy (non-hydrogen) atoms. The molecule has 0 saturated carbocycles. The van der Waals surface area contributed by atoms with Crippen molar-refractivity contribution >= 4 is 5.97 Å². The Morgan fingerprint density at radius 1 is 1.45 bits per heavy atom. The van der Waals surface area contributed by atoms with Crippen LogP contribution in [0.4, 0.5) is 0 Å². The third-order valence-corrected chi connectivity index (χ3v) is 1.23. The Morgan fingerprint density at radius 2 is 2.09 bits per heavy atom. The van der Waals surface area contributed by atoms with Crippen LogP contribution >= 0.6 is 0 Å². The normalized spacial score (nSPS) is 8.82. The fraction of sp³-hybridized carbons (Fsp3) is 0.857. The van der Waals surface area contributed by atoms with E-state index in [4.69, 9.17) is 5.11 Å². The van der Waals surface area contributed by atoms with Crippen LogP contribution in [0.15, 0.2) is 0 Å². The maximum Gasteiger partial charge on any atom is 0.317 e.